The molecule has 9 rings (SSSR count). The number of carbonyl (C=O) groups excluding carboxylic acids is 3. The normalized spacial score (nSPS) is 48.9. The maximum Gasteiger partial charge on any atom is 0.338 e. The van der Waals surface area contributed by atoms with E-state index < -0.39 is 164 Å². The number of hydrogen-bond donors (Lipinski definition) is 6. The first-order chi connectivity index (χ1) is 36.6. The van der Waals surface area contributed by atoms with Crippen LogP contribution in [0.3, 0.4) is 0 Å². The van der Waals surface area contributed by atoms with Crippen LogP contribution < -0.4 is 0 Å². The molecule has 4 aliphatic carbocycles. The lowest BCUT2D eigenvalue weighted by atomic mass is 9.41. The van der Waals surface area contributed by atoms with E-state index in [1.165, 1.54) is 21.0 Å². The fourth-order valence-electron chi connectivity index (χ4n) is 15.5. The Labute approximate surface area is 450 Å². The van der Waals surface area contributed by atoms with Gasteiger partial charge in [0.25, 0.3) is 0 Å². The lowest BCUT2D eigenvalue weighted by Gasteiger charge is -2.66. The average Bonchev–Trinajstić information content (AvgIpc) is 3.76. The smallest absolute Gasteiger partial charge is 0.338 e. The first-order valence-electron chi connectivity index (χ1n) is 27.8. The molecule has 27 atom stereocenters. The van der Waals surface area contributed by atoms with Crippen LogP contribution in [0, 0.1) is 34.5 Å². The van der Waals surface area contributed by atoms with Crippen molar-refractivity contribution >= 4 is 17.7 Å². The van der Waals surface area contributed by atoms with Crippen LogP contribution in [0.5, 0.6) is 0 Å². The van der Waals surface area contributed by atoms with E-state index in [-0.39, 0.29) is 43.0 Å². The Morgan fingerprint density at radius 3 is 1.84 bits per heavy atom. The number of rotatable bonds is 15. The third-order valence-electron chi connectivity index (χ3n) is 19.5. The summed E-state index contributed by atoms with van der Waals surface area (Å²) < 4.78 is 74.9. The Hall–Kier alpha value is -2.81. The Kier molecular flexibility index (Phi) is 18.0. The number of aliphatic hydroxyl groups excluding tert-OH is 5. The summed E-state index contributed by atoms with van der Waals surface area (Å²) >= 11 is 0. The van der Waals surface area contributed by atoms with Crippen LogP contribution in [0.2, 0.25) is 0 Å². The molecule has 4 saturated carbocycles. The fourth-order valence-corrected chi connectivity index (χ4v) is 15.5. The van der Waals surface area contributed by atoms with Gasteiger partial charge in [-0.2, -0.15) is 0 Å². The van der Waals surface area contributed by atoms with E-state index in [4.69, 9.17) is 56.8 Å². The van der Waals surface area contributed by atoms with E-state index in [1.54, 1.807) is 38.3 Å². The zero-order valence-corrected chi connectivity index (χ0v) is 45.8. The predicted molar refractivity (Wildman–Crippen MR) is 267 cm³/mol. The molecule has 4 heterocycles. The van der Waals surface area contributed by atoms with Crippen LogP contribution in [0.15, 0.2) is 30.3 Å². The van der Waals surface area contributed by atoms with Gasteiger partial charge >= 0.3 is 11.9 Å². The lowest BCUT2D eigenvalue weighted by Crippen LogP contribution is -2.73. The van der Waals surface area contributed by atoms with Crippen molar-refractivity contribution in [1.82, 2.24) is 0 Å². The second kappa shape index (κ2) is 23.6. The minimum absolute atomic E-state index is 0.0656. The standard InChI is InChI=1S/C56H84O21/c1-26(58)34-18-20-56(65)35-16-15-32-21-33(17-19-54(32,6)43(35)50(51(55(34,56)7)71-30(5)59)76-52(64)31-13-11-10-12-14-31)72-40-22-36(60)47(27(2)68-40)74-41-23-37(66-8)48(28(3)69-41)75-42-24-38(67-9)49(29(4)70-42)77-53-46(63)45(62)44(61)39(25-57)73-53/h10-14,27-29,32-51,53,57,60-63,65H,15-25H2,1-9H3. The molecule has 8 aliphatic rings. The van der Waals surface area contributed by atoms with Crippen LogP contribution in [0.1, 0.15) is 123 Å². The van der Waals surface area contributed by atoms with Gasteiger partial charge in [0, 0.05) is 57.7 Å². The highest BCUT2D eigenvalue weighted by Crippen LogP contribution is 2.70. The summed E-state index contributed by atoms with van der Waals surface area (Å²) in [5, 5.41) is 65.6. The Bertz CT molecular complexity index is 2170. The maximum absolute atomic E-state index is 14.1. The minimum atomic E-state index is -1.61. The largest absolute Gasteiger partial charge is 0.458 e. The van der Waals surface area contributed by atoms with E-state index in [9.17, 15) is 45.0 Å². The third-order valence-corrected chi connectivity index (χ3v) is 19.5. The highest BCUT2D eigenvalue weighted by molar-refractivity contribution is 5.89. The summed E-state index contributed by atoms with van der Waals surface area (Å²) in [5.74, 6) is -2.53. The molecule has 1 aromatic carbocycles. The first kappa shape index (κ1) is 58.8. The molecule has 1 aromatic rings. The number of methoxy groups -OCH3 is 2. The van der Waals surface area contributed by atoms with Crippen molar-refractivity contribution in [3.8, 4) is 0 Å². The zero-order chi connectivity index (χ0) is 55.5. The summed E-state index contributed by atoms with van der Waals surface area (Å²) in [4.78, 5) is 40.5. The minimum Gasteiger partial charge on any atom is -0.458 e. The number of aliphatic hydroxyl groups is 6. The van der Waals surface area contributed by atoms with Crippen LogP contribution in [0.4, 0.5) is 0 Å². The SMILES string of the molecule is COC1CC(OC2C(O)CC(OC3CCC4(C)C(CCC5C4C(OC(=O)c4ccccc4)C(OC(C)=O)C4(C)C(C(C)=O)CCC54O)C3)OC2C)OC(C)C1OC1CC(OC)C(OC2OC(CO)C(O)C(O)C2O)C(C)O1. The van der Waals surface area contributed by atoms with Gasteiger partial charge in [0.05, 0.1) is 60.5 Å². The molecule has 434 valence electrons. The molecular weight excluding hydrogens is 1010 g/mol. The molecule has 27 unspecified atom stereocenters. The summed E-state index contributed by atoms with van der Waals surface area (Å²) in [5.41, 5.74) is -2.70. The quantitative estimate of drug-likeness (QED) is 0.109. The summed E-state index contributed by atoms with van der Waals surface area (Å²) in [6.45, 7) is 11.7. The number of fused-ring (bicyclic) bond motifs is 5. The lowest BCUT2D eigenvalue weighted by molar-refractivity contribution is -0.357. The van der Waals surface area contributed by atoms with Gasteiger partial charge in [0.2, 0.25) is 0 Å². The number of ketones is 1. The highest BCUT2D eigenvalue weighted by Gasteiger charge is 2.76. The van der Waals surface area contributed by atoms with Gasteiger partial charge in [0.1, 0.15) is 60.7 Å². The molecular formula is C56H84O21. The van der Waals surface area contributed by atoms with Gasteiger partial charge in [0.15, 0.2) is 25.2 Å². The average molecular weight is 1090 g/mol. The van der Waals surface area contributed by atoms with E-state index in [0.717, 1.165) is 6.42 Å². The van der Waals surface area contributed by atoms with Crippen molar-refractivity contribution < 1.29 is 102 Å². The van der Waals surface area contributed by atoms with E-state index in [0.29, 0.717) is 44.1 Å². The van der Waals surface area contributed by atoms with E-state index in [2.05, 4.69) is 6.92 Å². The molecule has 8 fully saturated rings. The van der Waals surface area contributed by atoms with Gasteiger partial charge in [-0.15, -0.1) is 0 Å². The number of ether oxygens (including phenoxy) is 12. The summed E-state index contributed by atoms with van der Waals surface area (Å²) in [6.07, 6.45) is -13.2. The van der Waals surface area contributed by atoms with Crippen LogP contribution in [-0.2, 0) is 66.4 Å². The van der Waals surface area contributed by atoms with Crippen molar-refractivity contribution in [2.75, 3.05) is 20.8 Å². The second-order valence-corrected chi connectivity index (χ2v) is 23.8. The Balaban J connectivity index is 0.812. The molecule has 4 saturated heterocycles. The predicted octanol–water partition coefficient (Wildman–Crippen LogP) is 2.86. The summed E-state index contributed by atoms with van der Waals surface area (Å²) in [7, 11) is 3.07. The fraction of sp³-hybridized carbons (Fsp3) is 0.839. The molecule has 0 amide bonds. The Morgan fingerprint density at radius 1 is 0.662 bits per heavy atom. The van der Waals surface area contributed by atoms with Gasteiger partial charge in [-0.3, -0.25) is 9.59 Å². The van der Waals surface area contributed by atoms with E-state index in [1.807, 2.05) is 26.8 Å². The van der Waals surface area contributed by atoms with Crippen LogP contribution in [0.25, 0.3) is 0 Å². The molecule has 21 heteroatoms. The van der Waals surface area contributed by atoms with Crippen LogP contribution in [-0.4, -0.2) is 198 Å². The third kappa shape index (κ3) is 11.1. The monoisotopic (exact) mass is 1090 g/mol. The number of esters is 2. The molecule has 0 radical (unpaired) electrons. The number of benzene rings is 1. The summed E-state index contributed by atoms with van der Waals surface area (Å²) in [6, 6.07) is 8.68. The van der Waals surface area contributed by atoms with Crippen molar-refractivity contribution in [3.63, 3.8) is 0 Å². The molecule has 4 aliphatic heterocycles. The van der Waals surface area contributed by atoms with Crippen molar-refractivity contribution in [3.05, 3.63) is 35.9 Å². The van der Waals surface area contributed by atoms with Crippen molar-refractivity contribution in [2.45, 2.75) is 241 Å². The first-order valence-corrected chi connectivity index (χ1v) is 27.8. The second-order valence-electron chi connectivity index (χ2n) is 23.8. The van der Waals surface area contributed by atoms with Crippen molar-refractivity contribution in [1.29, 1.82) is 0 Å². The van der Waals surface area contributed by atoms with E-state index >= 15 is 0 Å². The highest BCUT2D eigenvalue weighted by atomic mass is 16.8. The number of hydrogen-bond acceptors (Lipinski definition) is 21. The molecule has 0 bridgehead atoms. The van der Waals surface area contributed by atoms with Crippen LogP contribution >= 0.6 is 0 Å². The molecule has 6 N–H and O–H groups in total. The zero-order valence-electron chi connectivity index (χ0n) is 45.8. The number of carbonyl (C=O) groups is 3. The van der Waals surface area contributed by atoms with Crippen molar-refractivity contribution in [2.24, 2.45) is 34.5 Å². The molecule has 0 aromatic heterocycles. The van der Waals surface area contributed by atoms with Gasteiger partial charge in [-0.1, -0.05) is 32.0 Å². The Morgan fingerprint density at radius 2 is 1.26 bits per heavy atom. The number of Topliss-reactive ketones (excluding diaryl/α,β-unsaturated/α-hetero) is 1. The van der Waals surface area contributed by atoms with Gasteiger partial charge in [-0.05, 0) is 102 Å². The molecule has 21 nitrogen and oxygen atoms in total. The van der Waals surface area contributed by atoms with Gasteiger partial charge < -0.3 is 87.5 Å². The molecule has 77 heavy (non-hydrogen) atoms. The maximum atomic E-state index is 14.1. The van der Waals surface area contributed by atoms with Gasteiger partial charge in [-0.25, -0.2) is 4.79 Å². The topological polar surface area (TPSA) is 283 Å². The molecule has 0 spiro atoms.